The second kappa shape index (κ2) is 11.4. The van der Waals surface area contributed by atoms with E-state index in [4.69, 9.17) is 9.47 Å². The van der Waals surface area contributed by atoms with Crippen molar-refractivity contribution in [3.63, 3.8) is 0 Å². The van der Waals surface area contributed by atoms with Gasteiger partial charge in [0.2, 0.25) is 5.91 Å². The SMILES string of the molecule is O=C(NC1CCCCC1)C(c1ccc(O)cc1)N(Cc1ccccc1)C(=O)c1ccc2c(c1)OCCO2. The molecule has 2 amide bonds. The van der Waals surface area contributed by atoms with Crippen LogP contribution in [0.3, 0.4) is 0 Å². The molecule has 1 aliphatic heterocycles. The molecule has 1 atom stereocenters. The molecule has 3 aromatic rings. The Morgan fingerprint density at radius 1 is 0.892 bits per heavy atom. The molecule has 37 heavy (non-hydrogen) atoms. The molecule has 0 aromatic heterocycles. The number of fused-ring (bicyclic) bond motifs is 1. The number of ether oxygens (including phenoxy) is 2. The lowest BCUT2D eigenvalue weighted by Gasteiger charge is -2.34. The fourth-order valence-corrected chi connectivity index (χ4v) is 5.06. The average molecular weight is 501 g/mol. The van der Waals surface area contributed by atoms with Gasteiger partial charge in [0.25, 0.3) is 5.91 Å². The van der Waals surface area contributed by atoms with E-state index < -0.39 is 6.04 Å². The monoisotopic (exact) mass is 500 g/mol. The van der Waals surface area contributed by atoms with Gasteiger partial charge in [-0.15, -0.1) is 0 Å². The molecule has 1 heterocycles. The fourth-order valence-electron chi connectivity index (χ4n) is 5.06. The third kappa shape index (κ3) is 5.88. The molecule has 1 saturated carbocycles. The van der Waals surface area contributed by atoms with Gasteiger partial charge >= 0.3 is 0 Å². The van der Waals surface area contributed by atoms with Crippen molar-refractivity contribution in [2.45, 2.75) is 50.7 Å². The maximum atomic E-state index is 14.1. The first-order chi connectivity index (χ1) is 18.1. The molecule has 2 N–H and O–H groups in total. The molecule has 7 nitrogen and oxygen atoms in total. The Kier molecular flexibility index (Phi) is 7.59. The second-order valence-corrected chi connectivity index (χ2v) is 9.61. The molecule has 7 heteroatoms. The molecule has 0 spiro atoms. The molecule has 1 unspecified atom stereocenters. The smallest absolute Gasteiger partial charge is 0.255 e. The predicted octanol–water partition coefficient (Wildman–Crippen LogP) is 5.00. The van der Waals surface area contributed by atoms with E-state index in [0.29, 0.717) is 35.8 Å². The molecule has 2 aliphatic rings. The minimum atomic E-state index is -0.886. The number of nitrogens with zero attached hydrogens (tertiary/aromatic N) is 1. The fraction of sp³-hybridized carbons (Fsp3) is 0.333. The third-order valence-corrected chi connectivity index (χ3v) is 6.97. The first-order valence-electron chi connectivity index (χ1n) is 12.9. The lowest BCUT2D eigenvalue weighted by Crippen LogP contribution is -2.46. The Hall–Kier alpha value is -4.00. The third-order valence-electron chi connectivity index (χ3n) is 6.97. The van der Waals surface area contributed by atoms with Gasteiger partial charge in [-0.05, 0) is 54.3 Å². The molecular formula is C30H32N2O5. The average Bonchev–Trinajstić information content (AvgIpc) is 2.94. The maximum Gasteiger partial charge on any atom is 0.255 e. The summed E-state index contributed by atoms with van der Waals surface area (Å²) in [5.74, 6) is 0.701. The van der Waals surface area contributed by atoms with Gasteiger partial charge in [0.1, 0.15) is 25.0 Å². The van der Waals surface area contributed by atoms with E-state index in [2.05, 4.69) is 5.32 Å². The van der Waals surface area contributed by atoms with Gasteiger partial charge in [-0.3, -0.25) is 9.59 Å². The summed E-state index contributed by atoms with van der Waals surface area (Å²) in [6.45, 7) is 1.11. The summed E-state index contributed by atoms with van der Waals surface area (Å²) in [6, 6.07) is 20.5. The van der Waals surface area contributed by atoms with Crippen LogP contribution < -0.4 is 14.8 Å². The summed E-state index contributed by atoms with van der Waals surface area (Å²) < 4.78 is 11.3. The van der Waals surface area contributed by atoms with E-state index in [1.165, 1.54) is 6.42 Å². The van der Waals surface area contributed by atoms with Crippen LogP contribution in [0.25, 0.3) is 0 Å². The minimum absolute atomic E-state index is 0.0869. The molecule has 1 aliphatic carbocycles. The van der Waals surface area contributed by atoms with E-state index in [-0.39, 0.29) is 30.2 Å². The summed E-state index contributed by atoms with van der Waals surface area (Å²) in [7, 11) is 0. The quantitative estimate of drug-likeness (QED) is 0.477. The lowest BCUT2D eigenvalue weighted by molar-refractivity contribution is -0.127. The van der Waals surface area contributed by atoms with Crippen molar-refractivity contribution in [3.8, 4) is 17.2 Å². The van der Waals surface area contributed by atoms with Crippen molar-refractivity contribution >= 4 is 11.8 Å². The molecule has 1 fully saturated rings. The predicted molar refractivity (Wildman–Crippen MR) is 140 cm³/mol. The van der Waals surface area contributed by atoms with Crippen LogP contribution in [0.5, 0.6) is 17.2 Å². The molecule has 5 rings (SSSR count). The van der Waals surface area contributed by atoms with Gasteiger partial charge in [-0.1, -0.05) is 61.7 Å². The maximum absolute atomic E-state index is 14.1. The zero-order valence-electron chi connectivity index (χ0n) is 20.8. The van der Waals surface area contributed by atoms with Gasteiger partial charge in [-0.2, -0.15) is 0 Å². The van der Waals surface area contributed by atoms with Crippen LogP contribution in [0.15, 0.2) is 72.8 Å². The van der Waals surface area contributed by atoms with Crippen LogP contribution in [-0.2, 0) is 11.3 Å². The number of amides is 2. The number of hydrogen-bond donors (Lipinski definition) is 2. The van der Waals surface area contributed by atoms with E-state index in [9.17, 15) is 14.7 Å². The highest BCUT2D eigenvalue weighted by Crippen LogP contribution is 2.33. The van der Waals surface area contributed by atoms with E-state index >= 15 is 0 Å². The summed E-state index contributed by atoms with van der Waals surface area (Å²) in [4.78, 5) is 29.6. The van der Waals surface area contributed by atoms with Crippen molar-refractivity contribution in [3.05, 3.63) is 89.5 Å². The normalized spacial score (nSPS) is 16.0. The summed E-state index contributed by atoms with van der Waals surface area (Å²) in [6.07, 6.45) is 5.21. The van der Waals surface area contributed by atoms with E-state index in [1.54, 1.807) is 47.4 Å². The van der Waals surface area contributed by atoms with Gasteiger partial charge in [-0.25, -0.2) is 0 Å². The van der Waals surface area contributed by atoms with Crippen molar-refractivity contribution in [1.82, 2.24) is 10.2 Å². The number of aromatic hydroxyl groups is 1. The Morgan fingerprint density at radius 2 is 1.59 bits per heavy atom. The highest BCUT2D eigenvalue weighted by molar-refractivity contribution is 5.98. The first kappa shape index (κ1) is 24.7. The van der Waals surface area contributed by atoms with Crippen LogP contribution in [0.4, 0.5) is 0 Å². The molecule has 0 bridgehead atoms. The zero-order chi connectivity index (χ0) is 25.6. The Morgan fingerprint density at radius 3 is 2.32 bits per heavy atom. The van der Waals surface area contributed by atoms with Crippen molar-refractivity contribution < 1.29 is 24.2 Å². The van der Waals surface area contributed by atoms with Crippen LogP contribution in [0.2, 0.25) is 0 Å². The van der Waals surface area contributed by atoms with Crippen molar-refractivity contribution in [1.29, 1.82) is 0 Å². The largest absolute Gasteiger partial charge is 0.508 e. The van der Waals surface area contributed by atoms with Crippen LogP contribution in [-0.4, -0.2) is 41.1 Å². The zero-order valence-corrected chi connectivity index (χ0v) is 20.8. The van der Waals surface area contributed by atoms with Crippen LogP contribution >= 0.6 is 0 Å². The number of rotatable bonds is 7. The van der Waals surface area contributed by atoms with E-state index in [0.717, 1.165) is 31.2 Å². The highest BCUT2D eigenvalue weighted by Gasteiger charge is 2.34. The summed E-state index contributed by atoms with van der Waals surface area (Å²) in [5.41, 5.74) is 1.95. The number of carbonyl (C=O) groups excluding carboxylic acids is 2. The van der Waals surface area contributed by atoms with Gasteiger partial charge in [0.15, 0.2) is 11.5 Å². The Bertz CT molecular complexity index is 1220. The Balaban J connectivity index is 1.53. The first-order valence-corrected chi connectivity index (χ1v) is 12.9. The van der Waals surface area contributed by atoms with Crippen LogP contribution in [0.1, 0.15) is 59.6 Å². The standard InChI is InChI=1S/C30H32N2O5/c33-25-14-11-22(12-15-25)28(29(34)31-24-9-5-2-6-10-24)32(20-21-7-3-1-4-8-21)30(35)23-13-16-26-27(19-23)37-18-17-36-26/h1,3-4,7-8,11-16,19,24,28,33H,2,5-6,9-10,17-18,20H2,(H,31,34). The Labute approximate surface area is 217 Å². The van der Waals surface area contributed by atoms with Crippen molar-refractivity contribution in [2.75, 3.05) is 13.2 Å². The number of carbonyl (C=O) groups is 2. The number of nitrogens with one attached hydrogen (secondary N) is 1. The number of phenolic OH excluding ortho intramolecular Hbond substituents is 1. The number of benzene rings is 3. The molecular weight excluding hydrogens is 468 g/mol. The van der Waals surface area contributed by atoms with Gasteiger partial charge in [0.05, 0.1) is 0 Å². The molecule has 0 radical (unpaired) electrons. The summed E-state index contributed by atoms with van der Waals surface area (Å²) in [5, 5.41) is 13.1. The van der Waals surface area contributed by atoms with E-state index in [1.807, 2.05) is 30.3 Å². The minimum Gasteiger partial charge on any atom is -0.508 e. The van der Waals surface area contributed by atoms with Crippen molar-refractivity contribution in [2.24, 2.45) is 0 Å². The van der Waals surface area contributed by atoms with Gasteiger partial charge in [0, 0.05) is 18.2 Å². The molecule has 0 saturated heterocycles. The topological polar surface area (TPSA) is 88.1 Å². The molecule has 3 aromatic carbocycles. The number of phenols is 1. The number of hydrogen-bond acceptors (Lipinski definition) is 5. The summed E-state index contributed by atoms with van der Waals surface area (Å²) >= 11 is 0. The lowest BCUT2D eigenvalue weighted by atomic mass is 9.94. The second-order valence-electron chi connectivity index (χ2n) is 9.61. The van der Waals surface area contributed by atoms with Crippen LogP contribution in [0, 0.1) is 0 Å². The highest BCUT2D eigenvalue weighted by atomic mass is 16.6. The molecule has 192 valence electrons. The van der Waals surface area contributed by atoms with Gasteiger partial charge < -0.3 is 24.8 Å².